The molecule has 1 aliphatic carbocycles. The molecule has 29 heavy (non-hydrogen) atoms. The topological polar surface area (TPSA) is 111 Å². The van der Waals surface area contributed by atoms with Gasteiger partial charge >= 0.3 is 6.03 Å². The number of aromatic amines is 2. The number of fused-ring (bicyclic) bond motifs is 1. The van der Waals surface area contributed by atoms with E-state index in [0.717, 1.165) is 25.8 Å². The number of nitrogens with one attached hydrogen (secondary N) is 4. The summed E-state index contributed by atoms with van der Waals surface area (Å²) in [4.78, 5) is 21.6. The molecule has 0 radical (unpaired) electrons. The first-order valence-corrected chi connectivity index (χ1v) is 9.57. The highest BCUT2D eigenvalue weighted by Gasteiger charge is 2.24. The molecule has 1 saturated carbocycles. The number of aromatic nitrogens is 4. The Hall–Kier alpha value is -3.14. The van der Waals surface area contributed by atoms with Gasteiger partial charge in [-0.15, -0.1) is 0 Å². The monoisotopic (exact) mass is 401 g/mol. The number of nitrogens with zero attached hydrogens (tertiary/aromatic N) is 3. The minimum atomic E-state index is -0.454. The first-order chi connectivity index (χ1) is 14.0. The van der Waals surface area contributed by atoms with Crippen LogP contribution in [0, 0.1) is 5.82 Å². The highest BCUT2D eigenvalue weighted by atomic mass is 19.1. The van der Waals surface area contributed by atoms with Crippen molar-refractivity contribution in [3.05, 3.63) is 24.1 Å². The molecule has 4 rings (SSSR count). The van der Waals surface area contributed by atoms with Crippen LogP contribution in [0.3, 0.4) is 0 Å². The van der Waals surface area contributed by atoms with Crippen molar-refractivity contribution in [1.82, 2.24) is 30.4 Å². The number of amides is 2. The minimum Gasteiger partial charge on any atom is -0.490 e. The Bertz CT molecular complexity index is 1010. The van der Waals surface area contributed by atoms with E-state index in [9.17, 15) is 9.18 Å². The molecule has 0 atom stereocenters. The van der Waals surface area contributed by atoms with Gasteiger partial charge in [-0.25, -0.2) is 14.2 Å². The first kappa shape index (κ1) is 19.2. The maximum absolute atomic E-state index is 14.4. The summed E-state index contributed by atoms with van der Waals surface area (Å²) in [6.45, 7) is 1.28. The van der Waals surface area contributed by atoms with Crippen molar-refractivity contribution in [3.8, 4) is 17.3 Å². The van der Waals surface area contributed by atoms with Gasteiger partial charge in [0.15, 0.2) is 17.4 Å². The SMILES string of the molecule is CN(C)CCCOc1cc2nc(-c3[nH]ncc3NC(=O)NC3CC3)[nH]c2cc1F. The van der Waals surface area contributed by atoms with Crippen molar-refractivity contribution < 1.29 is 13.9 Å². The van der Waals surface area contributed by atoms with Crippen LogP contribution in [0.25, 0.3) is 22.6 Å². The fourth-order valence-corrected chi connectivity index (χ4v) is 2.94. The van der Waals surface area contributed by atoms with E-state index in [1.54, 1.807) is 6.07 Å². The van der Waals surface area contributed by atoms with Gasteiger partial charge in [0, 0.05) is 24.7 Å². The molecule has 2 amide bonds. The Morgan fingerprint density at radius 2 is 2.21 bits per heavy atom. The summed E-state index contributed by atoms with van der Waals surface area (Å²) in [6, 6.07) is 2.89. The van der Waals surface area contributed by atoms with Crippen molar-refractivity contribution in [2.45, 2.75) is 25.3 Å². The Kier molecular flexibility index (Phi) is 5.34. The molecular weight excluding hydrogens is 377 g/mol. The summed E-state index contributed by atoms with van der Waals surface area (Å²) in [6.07, 6.45) is 4.30. The largest absolute Gasteiger partial charge is 0.490 e. The third kappa shape index (κ3) is 4.65. The molecule has 0 bridgehead atoms. The van der Waals surface area contributed by atoms with E-state index in [2.05, 4.69) is 30.8 Å². The lowest BCUT2D eigenvalue weighted by Gasteiger charge is -2.10. The Balaban J connectivity index is 1.50. The summed E-state index contributed by atoms with van der Waals surface area (Å²) < 4.78 is 19.9. The molecule has 2 aromatic heterocycles. The molecule has 0 saturated heterocycles. The predicted octanol–water partition coefficient (Wildman–Crippen LogP) is 2.71. The summed E-state index contributed by atoms with van der Waals surface area (Å²) >= 11 is 0. The zero-order valence-electron chi connectivity index (χ0n) is 16.4. The number of urea groups is 1. The van der Waals surface area contributed by atoms with Crippen molar-refractivity contribution in [2.75, 3.05) is 32.6 Å². The van der Waals surface area contributed by atoms with E-state index in [1.807, 2.05) is 19.0 Å². The maximum Gasteiger partial charge on any atom is 0.319 e. The average molecular weight is 401 g/mol. The van der Waals surface area contributed by atoms with E-state index in [0.29, 0.717) is 34.8 Å². The first-order valence-electron chi connectivity index (χ1n) is 9.57. The second kappa shape index (κ2) is 8.08. The average Bonchev–Trinajstić information content (AvgIpc) is 3.20. The normalized spacial score (nSPS) is 13.8. The molecule has 1 aliphatic rings. The van der Waals surface area contributed by atoms with Crippen LogP contribution in [-0.4, -0.2) is 64.4 Å². The smallest absolute Gasteiger partial charge is 0.319 e. The summed E-state index contributed by atoms with van der Waals surface area (Å²) in [7, 11) is 3.96. The number of hydrogen-bond acceptors (Lipinski definition) is 5. The van der Waals surface area contributed by atoms with E-state index >= 15 is 0 Å². The van der Waals surface area contributed by atoms with E-state index in [1.165, 1.54) is 12.3 Å². The fourth-order valence-electron chi connectivity index (χ4n) is 2.94. The van der Waals surface area contributed by atoms with Crippen LogP contribution in [0.2, 0.25) is 0 Å². The van der Waals surface area contributed by atoms with Gasteiger partial charge in [0.05, 0.1) is 29.5 Å². The number of benzene rings is 1. The molecule has 154 valence electrons. The van der Waals surface area contributed by atoms with Crippen LogP contribution in [-0.2, 0) is 0 Å². The highest BCUT2D eigenvalue weighted by molar-refractivity contribution is 5.93. The van der Waals surface area contributed by atoms with Gasteiger partial charge in [0.2, 0.25) is 0 Å². The summed E-state index contributed by atoms with van der Waals surface area (Å²) in [5, 5.41) is 12.4. The molecule has 0 aliphatic heterocycles. The number of imidazole rings is 1. The van der Waals surface area contributed by atoms with Gasteiger partial charge in [0.25, 0.3) is 0 Å². The molecule has 1 fully saturated rings. The lowest BCUT2D eigenvalue weighted by Crippen LogP contribution is -2.30. The van der Waals surface area contributed by atoms with Gasteiger partial charge in [0.1, 0.15) is 5.69 Å². The summed E-state index contributed by atoms with van der Waals surface area (Å²) in [5.41, 5.74) is 2.09. The number of carbonyl (C=O) groups excluding carboxylic acids is 1. The number of ether oxygens (including phenoxy) is 1. The third-order valence-electron chi connectivity index (χ3n) is 4.58. The third-order valence-corrected chi connectivity index (χ3v) is 4.58. The van der Waals surface area contributed by atoms with Crippen molar-refractivity contribution in [3.63, 3.8) is 0 Å². The Morgan fingerprint density at radius 3 is 2.97 bits per heavy atom. The number of rotatable bonds is 8. The quantitative estimate of drug-likeness (QED) is 0.434. The second-order valence-corrected chi connectivity index (χ2v) is 7.42. The molecule has 10 heteroatoms. The fraction of sp³-hybridized carbons (Fsp3) is 0.421. The predicted molar refractivity (Wildman–Crippen MR) is 107 cm³/mol. The van der Waals surface area contributed by atoms with Crippen LogP contribution in [0.4, 0.5) is 14.9 Å². The minimum absolute atomic E-state index is 0.168. The molecule has 0 spiro atoms. The van der Waals surface area contributed by atoms with Crippen molar-refractivity contribution in [2.24, 2.45) is 0 Å². The second-order valence-electron chi connectivity index (χ2n) is 7.42. The van der Waals surface area contributed by atoms with Crippen LogP contribution < -0.4 is 15.4 Å². The van der Waals surface area contributed by atoms with Crippen LogP contribution >= 0.6 is 0 Å². The van der Waals surface area contributed by atoms with Crippen LogP contribution in [0.15, 0.2) is 18.3 Å². The van der Waals surface area contributed by atoms with Gasteiger partial charge in [-0.05, 0) is 33.4 Å². The standard InChI is InChI=1S/C19H24FN7O2/c1-27(2)6-3-7-29-16-9-14-13(8-12(16)20)23-18(24-14)17-15(10-21-26-17)25-19(28)22-11-4-5-11/h8-11H,3-7H2,1-2H3,(H,21,26)(H,23,24)(H2,22,25,28). The number of anilines is 1. The molecule has 4 N–H and O–H groups in total. The number of carbonyl (C=O) groups is 1. The lowest BCUT2D eigenvalue weighted by atomic mass is 10.3. The molecule has 3 aromatic rings. The van der Waals surface area contributed by atoms with E-state index in [-0.39, 0.29) is 17.8 Å². The molecule has 2 heterocycles. The lowest BCUT2D eigenvalue weighted by molar-refractivity contribution is 0.251. The summed E-state index contributed by atoms with van der Waals surface area (Å²) in [5.74, 6) is 0.161. The zero-order chi connectivity index (χ0) is 20.4. The van der Waals surface area contributed by atoms with E-state index < -0.39 is 5.82 Å². The molecule has 9 nitrogen and oxygen atoms in total. The number of H-pyrrole nitrogens is 2. The van der Waals surface area contributed by atoms with Crippen LogP contribution in [0.1, 0.15) is 19.3 Å². The van der Waals surface area contributed by atoms with Gasteiger partial charge < -0.3 is 25.3 Å². The highest BCUT2D eigenvalue weighted by Crippen LogP contribution is 2.29. The molecule has 1 aromatic carbocycles. The number of halogens is 1. The van der Waals surface area contributed by atoms with E-state index in [4.69, 9.17) is 4.74 Å². The number of hydrogen-bond donors (Lipinski definition) is 4. The maximum atomic E-state index is 14.4. The Labute approximate surface area is 167 Å². The van der Waals surface area contributed by atoms with Gasteiger partial charge in [-0.1, -0.05) is 0 Å². The zero-order valence-corrected chi connectivity index (χ0v) is 16.4. The van der Waals surface area contributed by atoms with Crippen molar-refractivity contribution >= 4 is 22.8 Å². The van der Waals surface area contributed by atoms with Gasteiger partial charge in [-0.3, -0.25) is 5.10 Å². The van der Waals surface area contributed by atoms with Gasteiger partial charge in [-0.2, -0.15) is 5.10 Å². The van der Waals surface area contributed by atoms with Crippen LogP contribution in [0.5, 0.6) is 5.75 Å². The molecular formula is C19H24FN7O2. The molecule has 0 unspecified atom stereocenters. The van der Waals surface area contributed by atoms with Crippen molar-refractivity contribution in [1.29, 1.82) is 0 Å². The Morgan fingerprint density at radius 1 is 1.38 bits per heavy atom.